The summed E-state index contributed by atoms with van der Waals surface area (Å²) in [5, 5.41) is 1.74. The first-order chi connectivity index (χ1) is 27.0. The number of ketones is 2. The second kappa shape index (κ2) is 16.8. The Morgan fingerprint density at radius 2 is 1.05 bits per heavy atom. The van der Waals surface area contributed by atoms with Crippen LogP contribution >= 0.6 is 0 Å². The van der Waals surface area contributed by atoms with Crippen LogP contribution in [0, 0.1) is 0 Å². The minimum atomic E-state index is -0.400. The molecule has 0 aliphatic heterocycles. The number of pyridine rings is 4. The molecule has 0 saturated carbocycles. The molecule has 4 heterocycles. The Morgan fingerprint density at radius 1 is 0.564 bits per heavy atom. The van der Waals surface area contributed by atoms with Crippen LogP contribution in [-0.4, -0.2) is 38.6 Å². The number of methoxy groups -OCH3 is 1. The number of nitrogens with zero attached hydrogens (tertiary/aromatic N) is 3. The summed E-state index contributed by atoms with van der Waals surface area (Å²) in [6.45, 7) is 0. The van der Waals surface area contributed by atoms with Crippen LogP contribution in [0.15, 0.2) is 175 Å². The van der Waals surface area contributed by atoms with E-state index in [1.165, 1.54) is 19.3 Å². The number of aromatic nitrogens is 4. The first-order valence-corrected chi connectivity index (χ1v) is 17.5. The number of hydrogen-bond acceptors (Lipinski definition) is 7. The highest BCUT2D eigenvalue weighted by atomic mass is 16.5. The second-order valence-corrected chi connectivity index (χ2v) is 12.3. The third-order valence-corrected chi connectivity index (χ3v) is 8.78. The van der Waals surface area contributed by atoms with E-state index in [1.54, 1.807) is 36.7 Å². The second-order valence-electron chi connectivity index (χ2n) is 12.3. The molecule has 4 aromatic carbocycles. The van der Waals surface area contributed by atoms with Crippen LogP contribution in [0.5, 0.6) is 5.88 Å². The summed E-state index contributed by atoms with van der Waals surface area (Å²) in [5.41, 5.74) is 6.26. The van der Waals surface area contributed by atoms with Gasteiger partial charge in [-0.3, -0.25) is 24.4 Å². The third-order valence-electron chi connectivity index (χ3n) is 8.78. The number of fused-ring (bicyclic) bond motifs is 2. The molecule has 4 aromatic heterocycles. The maximum Gasteiger partial charge on any atom is 0.260 e. The smallest absolute Gasteiger partial charge is 0.260 e. The SMILES string of the molecule is COc1nc2ccccc2c(-c2ccccc2)c1C(=O)/C=C/c1ccccn1.O=C(/C=C/c1ccccn1)c1c(-c2ccccc2)c2ccccc2[nH]c1=O. The Balaban J connectivity index is 0.000000169. The minimum Gasteiger partial charge on any atom is -0.480 e. The summed E-state index contributed by atoms with van der Waals surface area (Å²) in [6.07, 6.45) is 9.58. The fraction of sp³-hybridized carbons (Fsp3) is 0.0213. The lowest BCUT2D eigenvalue weighted by Gasteiger charge is -2.15. The zero-order valence-electron chi connectivity index (χ0n) is 29.8. The van der Waals surface area contributed by atoms with Gasteiger partial charge in [0.15, 0.2) is 11.6 Å². The number of H-pyrrole nitrogens is 1. The van der Waals surface area contributed by atoms with E-state index in [9.17, 15) is 14.4 Å². The minimum absolute atomic E-state index is 0.132. The van der Waals surface area contributed by atoms with Gasteiger partial charge in [-0.15, -0.1) is 0 Å². The highest BCUT2D eigenvalue weighted by Crippen LogP contribution is 2.37. The predicted octanol–water partition coefficient (Wildman–Crippen LogP) is 9.69. The highest BCUT2D eigenvalue weighted by Gasteiger charge is 2.22. The van der Waals surface area contributed by atoms with Gasteiger partial charge in [0.25, 0.3) is 5.56 Å². The van der Waals surface area contributed by atoms with Gasteiger partial charge >= 0.3 is 0 Å². The number of ether oxygens (including phenoxy) is 1. The van der Waals surface area contributed by atoms with Crippen molar-refractivity contribution in [1.82, 2.24) is 19.9 Å². The van der Waals surface area contributed by atoms with Crippen molar-refractivity contribution in [3.8, 4) is 28.1 Å². The number of carbonyl (C=O) groups excluding carboxylic acids is 2. The standard InChI is InChI=1S/C24H18N2O2.C23H16N2O2/c1-28-24-23(21(27)15-14-18-11-7-8-16-25-18)22(17-9-3-2-4-10-17)19-12-5-6-13-20(19)26-24;26-20(14-13-17-10-6-7-15-24-17)22-21(16-8-2-1-3-9-16)18-11-4-5-12-19(18)25-23(22)27/h2-16H,1H3;1-15H,(H,25,27)/b15-14+;14-13+. The van der Waals surface area contributed by atoms with Gasteiger partial charge < -0.3 is 9.72 Å². The van der Waals surface area contributed by atoms with Crippen molar-refractivity contribution >= 4 is 45.5 Å². The largest absolute Gasteiger partial charge is 0.480 e. The zero-order valence-corrected chi connectivity index (χ0v) is 29.8. The van der Waals surface area contributed by atoms with E-state index in [4.69, 9.17) is 4.74 Å². The Kier molecular flexibility index (Phi) is 11.0. The molecule has 266 valence electrons. The number of hydrogen-bond donors (Lipinski definition) is 1. The van der Waals surface area contributed by atoms with Gasteiger partial charge in [-0.25, -0.2) is 4.98 Å². The summed E-state index contributed by atoms with van der Waals surface area (Å²) >= 11 is 0. The summed E-state index contributed by atoms with van der Waals surface area (Å²) in [6, 6.07) is 45.6. The Labute approximate surface area is 317 Å². The molecule has 0 aliphatic carbocycles. The highest BCUT2D eigenvalue weighted by molar-refractivity contribution is 6.17. The fourth-order valence-corrected chi connectivity index (χ4v) is 6.29. The van der Waals surface area contributed by atoms with Crippen molar-refractivity contribution in [2.45, 2.75) is 0 Å². The number of carbonyl (C=O) groups is 2. The molecule has 0 spiro atoms. The number of rotatable bonds is 9. The monoisotopic (exact) mass is 718 g/mol. The van der Waals surface area contributed by atoms with Crippen molar-refractivity contribution < 1.29 is 14.3 Å². The summed E-state index contributed by atoms with van der Waals surface area (Å²) in [7, 11) is 1.53. The molecule has 8 rings (SSSR count). The van der Waals surface area contributed by atoms with Crippen LogP contribution in [0.3, 0.4) is 0 Å². The molecule has 0 radical (unpaired) electrons. The molecular formula is C47H34N4O4. The normalized spacial score (nSPS) is 11.1. The van der Waals surface area contributed by atoms with E-state index in [1.807, 2.05) is 133 Å². The topological polar surface area (TPSA) is 115 Å². The van der Waals surface area contributed by atoms with Crippen LogP contribution in [0.2, 0.25) is 0 Å². The van der Waals surface area contributed by atoms with E-state index < -0.39 is 5.56 Å². The summed E-state index contributed by atoms with van der Waals surface area (Å²) in [4.78, 5) is 54.7. The van der Waals surface area contributed by atoms with Crippen LogP contribution in [0.25, 0.3) is 56.2 Å². The molecule has 0 fully saturated rings. The maximum atomic E-state index is 13.2. The number of allylic oxidation sites excluding steroid dienone is 2. The van der Waals surface area contributed by atoms with Crippen molar-refractivity contribution in [3.63, 3.8) is 0 Å². The van der Waals surface area contributed by atoms with Crippen LogP contribution in [0.1, 0.15) is 32.1 Å². The van der Waals surface area contributed by atoms with E-state index >= 15 is 0 Å². The number of aromatic amines is 1. The van der Waals surface area contributed by atoms with Gasteiger partial charge in [-0.05, 0) is 71.8 Å². The van der Waals surface area contributed by atoms with Crippen molar-refractivity contribution in [2.75, 3.05) is 7.11 Å². The Bertz CT molecular complexity index is 2730. The van der Waals surface area contributed by atoms with Gasteiger partial charge in [0.2, 0.25) is 5.88 Å². The van der Waals surface area contributed by atoms with Gasteiger partial charge in [0, 0.05) is 39.8 Å². The molecule has 0 bridgehead atoms. The summed E-state index contributed by atoms with van der Waals surface area (Å²) in [5.74, 6) is -0.223. The van der Waals surface area contributed by atoms with Gasteiger partial charge in [-0.1, -0.05) is 109 Å². The Hall–Kier alpha value is -7.58. The third kappa shape index (κ3) is 8.09. The van der Waals surface area contributed by atoms with Gasteiger partial charge in [0.1, 0.15) is 0 Å². The van der Waals surface area contributed by atoms with E-state index in [-0.39, 0.29) is 17.1 Å². The molecule has 0 saturated heterocycles. The lowest BCUT2D eigenvalue weighted by atomic mass is 9.93. The number of para-hydroxylation sites is 2. The number of nitrogens with one attached hydrogen (secondary N) is 1. The molecule has 55 heavy (non-hydrogen) atoms. The van der Waals surface area contributed by atoms with Gasteiger partial charge in [0.05, 0.1) is 35.1 Å². The van der Waals surface area contributed by atoms with Crippen molar-refractivity contribution in [1.29, 1.82) is 0 Å². The summed E-state index contributed by atoms with van der Waals surface area (Å²) < 4.78 is 5.51. The van der Waals surface area contributed by atoms with Crippen molar-refractivity contribution in [2.24, 2.45) is 0 Å². The fourth-order valence-electron chi connectivity index (χ4n) is 6.29. The molecule has 1 N–H and O–H groups in total. The van der Waals surface area contributed by atoms with Crippen LogP contribution in [-0.2, 0) is 0 Å². The molecule has 8 heteroatoms. The van der Waals surface area contributed by atoms with E-state index in [0.717, 1.165) is 33.0 Å². The van der Waals surface area contributed by atoms with E-state index in [0.29, 0.717) is 33.9 Å². The van der Waals surface area contributed by atoms with E-state index in [2.05, 4.69) is 19.9 Å². The molecule has 0 atom stereocenters. The lowest BCUT2D eigenvalue weighted by molar-refractivity contribution is 0.103. The molecule has 0 amide bonds. The van der Waals surface area contributed by atoms with Gasteiger partial charge in [-0.2, -0.15) is 0 Å². The first-order valence-electron chi connectivity index (χ1n) is 17.5. The predicted molar refractivity (Wildman–Crippen MR) is 219 cm³/mol. The molecule has 8 nitrogen and oxygen atoms in total. The maximum absolute atomic E-state index is 13.2. The number of benzene rings is 4. The average Bonchev–Trinajstić information content (AvgIpc) is 3.25. The van der Waals surface area contributed by atoms with Crippen LogP contribution in [0.4, 0.5) is 0 Å². The zero-order chi connectivity index (χ0) is 38.0. The molecule has 0 aliphatic rings. The molecule has 0 unspecified atom stereocenters. The molecule has 8 aromatic rings. The van der Waals surface area contributed by atoms with Crippen molar-refractivity contribution in [3.05, 3.63) is 203 Å². The quantitative estimate of drug-likeness (QED) is 0.117. The average molecular weight is 719 g/mol. The van der Waals surface area contributed by atoms with Crippen LogP contribution < -0.4 is 10.3 Å². The first kappa shape index (κ1) is 35.8. The lowest BCUT2D eigenvalue weighted by Crippen LogP contribution is -2.18. The Morgan fingerprint density at radius 3 is 1.62 bits per heavy atom. The molecular weight excluding hydrogens is 685 g/mol.